The van der Waals surface area contributed by atoms with Crippen LogP contribution >= 0.6 is 0 Å². The molecule has 23 heavy (non-hydrogen) atoms. The number of aromatic nitrogens is 2. The molecule has 0 aliphatic rings. The van der Waals surface area contributed by atoms with Gasteiger partial charge in [-0.25, -0.2) is 4.79 Å². The highest BCUT2D eigenvalue weighted by Crippen LogP contribution is 2.31. The van der Waals surface area contributed by atoms with Crippen LogP contribution in [0.15, 0.2) is 55.9 Å². The third-order valence-corrected chi connectivity index (χ3v) is 3.78. The van der Waals surface area contributed by atoms with Crippen LogP contribution in [-0.2, 0) is 0 Å². The molecule has 0 radical (unpaired) electrons. The predicted octanol–water partition coefficient (Wildman–Crippen LogP) is 3.59. The molecule has 2 N–H and O–H groups in total. The average molecular weight is 307 g/mol. The lowest BCUT2D eigenvalue weighted by Crippen LogP contribution is -2.22. The summed E-state index contributed by atoms with van der Waals surface area (Å²) >= 11 is 0. The van der Waals surface area contributed by atoms with Gasteiger partial charge in [-0.15, -0.1) is 13.2 Å². The van der Waals surface area contributed by atoms with Crippen LogP contribution in [0, 0.1) is 0 Å². The molecule has 2 aromatic heterocycles. The van der Waals surface area contributed by atoms with Crippen molar-refractivity contribution in [2.45, 2.75) is 0 Å². The number of hydrogen-bond acceptors (Lipinski definition) is 3. The first kappa shape index (κ1) is 14.8. The van der Waals surface area contributed by atoms with E-state index in [9.17, 15) is 9.90 Å². The monoisotopic (exact) mass is 307 g/mol. The van der Waals surface area contributed by atoms with Gasteiger partial charge in [0.25, 0.3) is 0 Å². The zero-order chi connectivity index (χ0) is 16.4. The van der Waals surface area contributed by atoms with E-state index in [1.807, 2.05) is 30.4 Å². The third-order valence-electron chi connectivity index (χ3n) is 3.78. The predicted molar refractivity (Wildman–Crippen MR) is 93.2 cm³/mol. The number of carboxylic acid groups (broad SMARTS) is 1. The Bertz CT molecular complexity index is 901. The number of nitrogens with one attached hydrogen (secondary N) is 1. The summed E-state index contributed by atoms with van der Waals surface area (Å²) in [4.78, 5) is 20.8. The number of aromatic carboxylic acids is 1. The van der Waals surface area contributed by atoms with Gasteiger partial charge in [-0.3, -0.25) is 4.98 Å². The van der Waals surface area contributed by atoms with E-state index in [1.165, 1.54) is 6.20 Å². The van der Waals surface area contributed by atoms with E-state index in [2.05, 4.69) is 28.0 Å². The van der Waals surface area contributed by atoms with Crippen molar-refractivity contribution in [1.29, 1.82) is 0 Å². The number of rotatable bonds is 6. The van der Waals surface area contributed by atoms with Crippen molar-refractivity contribution < 1.29 is 9.90 Å². The minimum absolute atomic E-state index is 0.199. The molecule has 5 nitrogen and oxygen atoms in total. The van der Waals surface area contributed by atoms with Crippen LogP contribution < -0.4 is 4.90 Å². The van der Waals surface area contributed by atoms with Crippen molar-refractivity contribution in [3.05, 3.63) is 61.5 Å². The number of aromatic amines is 1. The maximum Gasteiger partial charge on any atom is 0.337 e. The van der Waals surface area contributed by atoms with Crippen LogP contribution in [0.4, 0.5) is 5.69 Å². The molecule has 1 aromatic carbocycles. The van der Waals surface area contributed by atoms with Crippen molar-refractivity contribution in [1.82, 2.24) is 9.97 Å². The van der Waals surface area contributed by atoms with Gasteiger partial charge in [-0.2, -0.15) is 0 Å². The lowest BCUT2D eigenvalue weighted by atomic mass is 10.1. The molecule has 0 unspecified atom stereocenters. The zero-order valence-corrected chi connectivity index (χ0v) is 12.6. The Morgan fingerprint density at radius 2 is 1.96 bits per heavy atom. The number of H-pyrrole nitrogens is 1. The van der Waals surface area contributed by atoms with Gasteiger partial charge in [0.2, 0.25) is 0 Å². The quantitative estimate of drug-likeness (QED) is 0.683. The smallest absolute Gasteiger partial charge is 0.337 e. The number of fused-ring (bicyclic) bond motifs is 3. The van der Waals surface area contributed by atoms with Crippen LogP contribution in [0.5, 0.6) is 0 Å². The van der Waals surface area contributed by atoms with Crippen molar-refractivity contribution in [3.63, 3.8) is 0 Å². The maximum absolute atomic E-state index is 11.5. The molecule has 0 saturated heterocycles. The van der Waals surface area contributed by atoms with Gasteiger partial charge in [-0.1, -0.05) is 12.2 Å². The second kappa shape index (κ2) is 5.96. The van der Waals surface area contributed by atoms with Gasteiger partial charge in [0, 0.05) is 41.3 Å². The average Bonchev–Trinajstić information content (AvgIpc) is 2.92. The summed E-state index contributed by atoms with van der Waals surface area (Å²) in [6.07, 6.45) is 6.69. The Morgan fingerprint density at radius 1 is 1.22 bits per heavy atom. The Labute approximate surface area is 133 Å². The van der Waals surface area contributed by atoms with Crippen LogP contribution in [0.25, 0.3) is 21.8 Å². The first-order valence-corrected chi connectivity index (χ1v) is 7.25. The van der Waals surface area contributed by atoms with E-state index < -0.39 is 5.97 Å². The van der Waals surface area contributed by atoms with Crippen molar-refractivity contribution >= 4 is 33.5 Å². The molecular formula is C18H17N3O2. The van der Waals surface area contributed by atoms with E-state index in [1.54, 1.807) is 6.20 Å². The molecule has 0 aliphatic carbocycles. The standard InChI is InChI=1S/C18H17N3O2/c1-3-7-21(8-4-2)12-5-6-15-13(9-12)17-14(18(22)23)10-19-11-16(17)20-15/h3-6,9-11,20H,1-2,7-8H2,(H,22,23). The molecular weight excluding hydrogens is 290 g/mol. The van der Waals surface area contributed by atoms with E-state index in [-0.39, 0.29) is 5.56 Å². The van der Waals surface area contributed by atoms with Crippen molar-refractivity contribution in [2.75, 3.05) is 18.0 Å². The first-order valence-electron chi connectivity index (χ1n) is 7.25. The molecule has 0 aliphatic heterocycles. The fourth-order valence-corrected chi connectivity index (χ4v) is 2.79. The van der Waals surface area contributed by atoms with Crippen LogP contribution in [-0.4, -0.2) is 34.1 Å². The minimum atomic E-state index is -0.983. The molecule has 0 spiro atoms. The molecule has 2 heterocycles. The molecule has 0 fully saturated rings. The number of anilines is 1. The van der Waals surface area contributed by atoms with Gasteiger partial charge >= 0.3 is 5.97 Å². The van der Waals surface area contributed by atoms with Crippen LogP contribution in [0.3, 0.4) is 0 Å². The molecule has 5 heteroatoms. The van der Waals surface area contributed by atoms with E-state index in [0.29, 0.717) is 18.5 Å². The van der Waals surface area contributed by atoms with E-state index in [4.69, 9.17) is 0 Å². The zero-order valence-electron chi connectivity index (χ0n) is 12.6. The fourth-order valence-electron chi connectivity index (χ4n) is 2.79. The van der Waals surface area contributed by atoms with Gasteiger partial charge < -0.3 is 15.0 Å². The fraction of sp³-hybridized carbons (Fsp3) is 0.111. The summed E-state index contributed by atoms with van der Waals surface area (Å²) in [6, 6.07) is 5.95. The Kier molecular flexibility index (Phi) is 3.85. The van der Waals surface area contributed by atoms with Gasteiger partial charge in [0.05, 0.1) is 17.3 Å². The summed E-state index contributed by atoms with van der Waals surface area (Å²) in [6.45, 7) is 8.93. The van der Waals surface area contributed by atoms with Gasteiger partial charge in [-0.05, 0) is 18.2 Å². The van der Waals surface area contributed by atoms with Crippen molar-refractivity contribution in [2.24, 2.45) is 0 Å². The molecule has 116 valence electrons. The van der Waals surface area contributed by atoms with Crippen LogP contribution in [0.2, 0.25) is 0 Å². The normalized spacial score (nSPS) is 10.8. The highest BCUT2D eigenvalue weighted by molar-refractivity contribution is 6.16. The lowest BCUT2D eigenvalue weighted by Gasteiger charge is -2.21. The third kappa shape index (κ3) is 2.57. The maximum atomic E-state index is 11.5. The number of pyridine rings is 1. The number of benzene rings is 1. The Balaban J connectivity index is 2.25. The molecule has 3 aromatic rings. The SMILES string of the molecule is C=CCN(CC=C)c1ccc2[nH]c3cncc(C(=O)O)c3c2c1. The highest BCUT2D eigenvalue weighted by atomic mass is 16.4. The number of hydrogen-bond donors (Lipinski definition) is 2. The molecule has 0 amide bonds. The summed E-state index contributed by atoms with van der Waals surface area (Å²) in [5.41, 5.74) is 2.80. The number of nitrogens with zero attached hydrogens (tertiary/aromatic N) is 2. The molecule has 0 bridgehead atoms. The van der Waals surface area contributed by atoms with Gasteiger partial charge in [0.1, 0.15) is 0 Å². The van der Waals surface area contributed by atoms with Crippen molar-refractivity contribution in [3.8, 4) is 0 Å². The second-order valence-corrected chi connectivity index (χ2v) is 5.25. The number of carbonyl (C=O) groups is 1. The lowest BCUT2D eigenvalue weighted by molar-refractivity contribution is 0.0698. The summed E-state index contributed by atoms with van der Waals surface area (Å²) in [5.74, 6) is -0.983. The minimum Gasteiger partial charge on any atom is -0.478 e. The summed E-state index contributed by atoms with van der Waals surface area (Å²) < 4.78 is 0. The molecule has 0 saturated carbocycles. The van der Waals surface area contributed by atoms with Gasteiger partial charge in [0.15, 0.2) is 0 Å². The van der Waals surface area contributed by atoms with E-state index >= 15 is 0 Å². The van der Waals surface area contributed by atoms with E-state index in [0.717, 1.165) is 22.1 Å². The molecule has 3 rings (SSSR count). The van der Waals surface area contributed by atoms with Crippen LogP contribution in [0.1, 0.15) is 10.4 Å². The Morgan fingerprint density at radius 3 is 2.61 bits per heavy atom. The topological polar surface area (TPSA) is 69.2 Å². The summed E-state index contributed by atoms with van der Waals surface area (Å²) in [5, 5.41) is 11.0. The largest absolute Gasteiger partial charge is 0.478 e. The number of carboxylic acids is 1. The second-order valence-electron chi connectivity index (χ2n) is 5.25. The first-order chi connectivity index (χ1) is 11.2. The molecule has 0 atom stereocenters. The highest BCUT2D eigenvalue weighted by Gasteiger charge is 2.15. The Hall–Kier alpha value is -3.08. The summed E-state index contributed by atoms with van der Waals surface area (Å²) in [7, 11) is 0.